The van der Waals surface area contributed by atoms with Crippen LogP contribution in [0.3, 0.4) is 0 Å². The average molecular weight is 533 g/mol. The minimum absolute atomic E-state index is 0.0445. The van der Waals surface area contributed by atoms with Crippen molar-refractivity contribution in [3.8, 4) is 5.75 Å². The van der Waals surface area contributed by atoms with Crippen molar-refractivity contribution in [1.82, 2.24) is 0 Å². The first kappa shape index (κ1) is 26.8. The molecule has 6 nitrogen and oxygen atoms in total. The molecule has 0 aromatic heterocycles. The van der Waals surface area contributed by atoms with Crippen LogP contribution in [0, 0.1) is 12.8 Å². The summed E-state index contributed by atoms with van der Waals surface area (Å²) in [5, 5.41) is 14.8. The monoisotopic (exact) mass is 532 g/mol. The molecule has 0 bridgehead atoms. The number of hydrogen-bond acceptors (Lipinski definition) is 5. The predicted molar refractivity (Wildman–Crippen MR) is 159 cm³/mol. The molecule has 1 unspecified atom stereocenters. The number of aliphatic hydroxyl groups is 1. The van der Waals surface area contributed by atoms with E-state index in [9.17, 15) is 14.7 Å². The van der Waals surface area contributed by atoms with Crippen molar-refractivity contribution >= 4 is 34.5 Å². The standard InChI is InChI=1S/C34H32N2O4/c1-22(2)21-40-29-14-8-11-25(20-29)32(37)30-31(24-10-7-9-23(3)19-24)36(34(39)33(30)38)28-17-15-27(16-18-28)35-26-12-5-4-6-13-26/h4-20,22,31,35,37H,21H2,1-3H3/b32-30-. The molecule has 0 aliphatic carbocycles. The van der Waals surface area contributed by atoms with Gasteiger partial charge in [-0.3, -0.25) is 14.5 Å². The molecule has 1 heterocycles. The van der Waals surface area contributed by atoms with E-state index in [2.05, 4.69) is 19.2 Å². The third kappa shape index (κ3) is 5.61. The zero-order chi connectivity index (χ0) is 28.2. The lowest BCUT2D eigenvalue weighted by molar-refractivity contribution is -0.132. The van der Waals surface area contributed by atoms with Crippen LogP contribution in [0.4, 0.5) is 17.1 Å². The number of amides is 1. The van der Waals surface area contributed by atoms with E-state index in [-0.39, 0.29) is 11.3 Å². The highest BCUT2D eigenvalue weighted by atomic mass is 16.5. The van der Waals surface area contributed by atoms with Gasteiger partial charge in [0, 0.05) is 22.6 Å². The van der Waals surface area contributed by atoms with Gasteiger partial charge in [-0.2, -0.15) is 0 Å². The van der Waals surface area contributed by atoms with Gasteiger partial charge in [0.25, 0.3) is 11.7 Å². The van der Waals surface area contributed by atoms with Crippen molar-refractivity contribution in [1.29, 1.82) is 0 Å². The second kappa shape index (κ2) is 11.5. The summed E-state index contributed by atoms with van der Waals surface area (Å²) >= 11 is 0. The molecule has 1 aliphatic rings. The maximum atomic E-state index is 13.5. The molecule has 1 saturated heterocycles. The summed E-state index contributed by atoms with van der Waals surface area (Å²) in [4.78, 5) is 28.5. The second-order valence-corrected chi connectivity index (χ2v) is 10.4. The predicted octanol–water partition coefficient (Wildman–Crippen LogP) is 7.40. The Morgan fingerprint density at radius 3 is 2.27 bits per heavy atom. The van der Waals surface area contributed by atoms with Crippen molar-refractivity contribution in [2.45, 2.75) is 26.8 Å². The molecule has 5 rings (SSSR count). The van der Waals surface area contributed by atoms with Crippen LogP contribution in [0.25, 0.3) is 5.76 Å². The Kier molecular flexibility index (Phi) is 7.69. The van der Waals surface area contributed by atoms with Crippen LogP contribution < -0.4 is 15.0 Å². The molecule has 0 spiro atoms. The largest absolute Gasteiger partial charge is 0.507 e. The van der Waals surface area contributed by atoms with E-state index in [1.54, 1.807) is 36.4 Å². The van der Waals surface area contributed by atoms with E-state index in [4.69, 9.17) is 4.74 Å². The summed E-state index contributed by atoms with van der Waals surface area (Å²) in [6.45, 7) is 6.58. The lowest BCUT2D eigenvalue weighted by Gasteiger charge is -2.26. The number of aliphatic hydroxyl groups excluding tert-OH is 1. The number of ether oxygens (including phenoxy) is 1. The van der Waals surface area contributed by atoms with Crippen LogP contribution in [-0.2, 0) is 9.59 Å². The molecule has 6 heteroatoms. The van der Waals surface area contributed by atoms with E-state index in [0.717, 1.165) is 22.5 Å². The van der Waals surface area contributed by atoms with Crippen molar-refractivity contribution < 1.29 is 19.4 Å². The number of hydrogen-bond donors (Lipinski definition) is 2. The van der Waals surface area contributed by atoms with Gasteiger partial charge < -0.3 is 15.2 Å². The molecule has 0 radical (unpaired) electrons. The number of nitrogens with zero attached hydrogens (tertiary/aromatic N) is 1. The number of Topliss-reactive ketones (excluding diaryl/α,β-unsaturated/α-hetero) is 1. The molecule has 40 heavy (non-hydrogen) atoms. The third-order valence-electron chi connectivity index (χ3n) is 6.70. The zero-order valence-corrected chi connectivity index (χ0v) is 22.8. The van der Waals surface area contributed by atoms with E-state index < -0.39 is 17.7 Å². The van der Waals surface area contributed by atoms with Gasteiger partial charge in [0.15, 0.2) is 0 Å². The Bertz CT molecular complexity index is 1560. The number of rotatable bonds is 8. The molecule has 0 saturated carbocycles. The van der Waals surface area contributed by atoms with Crippen molar-refractivity contribution in [2.24, 2.45) is 5.92 Å². The van der Waals surface area contributed by atoms with Gasteiger partial charge in [0.2, 0.25) is 0 Å². The first-order chi connectivity index (χ1) is 19.3. The minimum atomic E-state index is -0.798. The summed E-state index contributed by atoms with van der Waals surface area (Å²) in [6.07, 6.45) is 0. The number of anilines is 3. The van der Waals surface area contributed by atoms with Crippen LogP contribution in [0.2, 0.25) is 0 Å². The third-order valence-corrected chi connectivity index (χ3v) is 6.70. The summed E-state index contributed by atoms with van der Waals surface area (Å²) in [5.74, 6) is -0.739. The van der Waals surface area contributed by atoms with Gasteiger partial charge in [-0.25, -0.2) is 0 Å². The van der Waals surface area contributed by atoms with Crippen LogP contribution >= 0.6 is 0 Å². The van der Waals surface area contributed by atoms with Crippen LogP contribution in [0.5, 0.6) is 5.75 Å². The first-order valence-corrected chi connectivity index (χ1v) is 13.3. The Morgan fingerprint density at radius 1 is 0.875 bits per heavy atom. The fraction of sp³-hybridized carbons (Fsp3) is 0.176. The summed E-state index contributed by atoms with van der Waals surface area (Å²) in [7, 11) is 0. The van der Waals surface area contributed by atoms with Crippen molar-refractivity contribution in [3.05, 3.63) is 125 Å². The summed E-state index contributed by atoms with van der Waals surface area (Å²) < 4.78 is 5.84. The van der Waals surface area contributed by atoms with E-state index in [1.165, 1.54) is 4.90 Å². The molecule has 1 amide bonds. The fourth-order valence-electron chi connectivity index (χ4n) is 4.80. The SMILES string of the molecule is Cc1cccc(C2/C(=C(/O)c3cccc(OCC(C)C)c3)C(=O)C(=O)N2c2ccc(Nc3ccccc3)cc2)c1. The van der Waals surface area contributed by atoms with Crippen LogP contribution in [0.1, 0.15) is 36.6 Å². The summed E-state index contributed by atoms with van der Waals surface area (Å²) in [5.41, 5.74) is 4.52. The van der Waals surface area contributed by atoms with Crippen molar-refractivity contribution in [3.63, 3.8) is 0 Å². The van der Waals surface area contributed by atoms with Crippen LogP contribution in [0.15, 0.2) is 109 Å². The molecule has 202 valence electrons. The summed E-state index contributed by atoms with van der Waals surface area (Å²) in [6, 6.07) is 30.9. The van der Waals surface area contributed by atoms with Crippen molar-refractivity contribution in [2.75, 3.05) is 16.8 Å². The molecule has 1 fully saturated rings. The maximum Gasteiger partial charge on any atom is 0.300 e. The normalized spacial score (nSPS) is 16.4. The van der Waals surface area contributed by atoms with Gasteiger partial charge in [0.05, 0.1) is 18.2 Å². The highest BCUT2D eigenvalue weighted by Gasteiger charge is 2.47. The molecule has 4 aromatic carbocycles. The quantitative estimate of drug-likeness (QED) is 0.140. The molecular weight excluding hydrogens is 500 g/mol. The first-order valence-electron chi connectivity index (χ1n) is 13.3. The number of aryl methyl sites for hydroxylation is 1. The minimum Gasteiger partial charge on any atom is -0.507 e. The average Bonchev–Trinajstić information content (AvgIpc) is 3.22. The van der Waals surface area contributed by atoms with Gasteiger partial charge in [-0.05, 0) is 66.9 Å². The zero-order valence-electron chi connectivity index (χ0n) is 22.8. The van der Waals surface area contributed by atoms with Crippen LogP contribution in [-0.4, -0.2) is 23.4 Å². The molecular formula is C34H32N2O4. The second-order valence-electron chi connectivity index (χ2n) is 10.4. The Labute approximate surface area is 234 Å². The number of benzene rings is 4. The number of ketones is 1. The maximum absolute atomic E-state index is 13.5. The number of para-hydroxylation sites is 1. The van der Waals surface area contributed by atoms with Gasteiger partial charge in [-0.15, -0.1) is 0 Å². The lowest BCUT2D eigenvalue weighted by atomic mass is 9.94. The highest BCUT2D eigenvalue weighted by molar-refractivity contribution is 6.51. The Morgan fingerprint density at radius 2 is 1.57 bits per heavy atom. The fourth-order valence-corrected chi connectivity index (χ4v) is 4.80. The van der Waals surface area contributed by atoms with Gasteiger partial charge in [-0.1, -0.05) is 74.0 Å². The van der Waals surface area contributed by atoms with E-state index in [1.807, 2.05) is 73.7 Å². The molecule has 1 atom stereocenters. The molecule has 4 aromatic rings. The number of nitrogens with one attached hydrogen (secondary N) is 1. The number of carbonyl (C=O) groups excluding carboxylic acids is 2. The lowest BCUT2D eigenvalue weighted by Crippen LogP contribution is -2.29. The van der Waals surface area contributed by atoms with Gasteiger partial charge >= 0.3 is 0 Å². The molecule has 1 aliphatic heterocycles. The Hall–Kier alpha value is -4.84. The Balaban J connectivity index is 1.56. The smallest absolute Gasteiger partial charge is 0.300 e. The van der Waals surface area contributed by atoms with E-state index >= 15 is 0 Å². The van der Waals surface area contributed by atoms with E-state index in [0.29, 0.717) is 29.5 Å². The topological polar surface area (TPSA) is 78.9 Å². The number of carbonyl (C=O) groups is 2. The van der Waals surface area contributed by atoms with Gasteiger partial charge in [0.1, 0.15) is 11.5 Å². The molecule has 2 N–H and O–H groups in total. The highest BCUT2D eigenvalue weighted by Crippen LogP contribution is 2.43.